The van der Waals surface area contributed by atoms with Crippen LogP contribution < -0.4 is 5.32 Å². The number of nitrogens with one attached hydrogen (secondary N) is 1. The molecule has 5 nitrogen and oxygen atoms in total. The molecule has 1 amide bonds. The Hall–Kier alpha value is -0.950. The normalized spacial score (nSPS) is 15.5. The molecule has 1 aliphatic rings. The summed E-state index contributed by atoms with van der Waals surface area (Å²) in [4.78, 5) is 15.4. The van der Waals surface area contributed by atoms with Crippen LogP contribution in [-0.4, -0.2) is 32.1 Å². The highest BCUT2D eigenvalue weighted by Gasteiger charge is 2.13. The number of hydrogen-bond donors (Lipinski definition) is 1. The lowest BCUT2D eigenvalue weighted by Gasteiger charge is -1.98. The molecule has 0 spiro atoms. The summed E-state index contributed by atoms with van der Waals surface area (Å²) >= 11 is 2.56. The van der Waals surface area contributed by atoms with Gasteiger partial charge in [-0.25, -0.2) is 0 Å². The van der Waals surface area contributed by atoms with E-state index in [4.69, 9.17) is 0 Å². The minimum Gasteiger partial charge on any atom is -0.300 e. The van der Waals surface area contributed by atoms with Gasteiger partial charge in [0.15, 0.2) is 10.9 Å². The van der Waals surface area contributed by atoms with Crippen molar-refractivity contribution in [2.75, 3.05) is 12.3 Å². The average Bonchev–Trinajstić information content (AvgIpc) is 2.74. The first-order chi connectivity index (χ1) is 6.36. The molecule has 7 heteroatoms. The van der Waals surface area contributed by atoms with Crippen molar-refractivity contribution in [2.45, 2.75) is 0 Å². The summed E-state index contributed by atoms with van der Waals surface area (Å²) in [5.74, 6) is 0.701. The molecule has 0 saturated carbocycles. The second-order valence-corrected chi connectivity index (χ2v) is 3.92. The Labute approximate surface area is 83.0 Å². The van der Waals surface area contributed by atoms with E-state index in [0.717, 1.165) is 24.0 Å². The summed E-state index contributed by atoms with van der Waals surface area (Å²) in [5.41, 5.74) is 0.347. The van der Waals surface area contributed by atoms with Crippen molar-refractivity contribution in [1.82, 2.24) is 14.1 Å². The fourth-order valence-electron chi connectivity index (χ4n) is 0.837. The van der Waals surface area contributed by atoms with Gasteiger partial charge in [0.2, 0.25) is 0 Å². The average molecular weight is 214 g/mol. The quantitative estimate of drug-likeness (QED) is 0.733. The van der Waals surface area contributed by atoms with Crippen LogP contribution in [0, 0.1) is 0 Å². The first-order valence-electron chi connectivity index (χ1n) is 3.62. The van der Waals surface area contributed by atoms with Crippen LogP contribution in [0.15, 0.2) is 11.2 Å². The summed E-state index contributed by atoms with van der Waals surface area (Å²) in [6.45, 7) is 0.773. The number of carbonyl (C=O) groups is 1. The monoisotopic (exact) mass is 214 g/mol. The van der Waals surface area contributed by atoms with Gasteiger partial charge in [-0.15, -0.1) is 0 Å². The van der Waals surface area contributed by atoms with Crippen molar-refractivity contribution in [3.05, 3.63) is 11.9 Å². The summed E-state index contributed by atoms with van der Waals surface area (Å²) in [7, 11) is 0. The van der Waals surface area contributed by atoms with Gasteiger partial charge >= 0.3 is 0 Å². The molecule has 0 saturated heterocycles. The minimum absolute atomic E-state index is 0.234. The summed E-state index contributed by atoms with van der Waals surface area (Å²) in [6, 6.07) is 0. The molecular formula is C6H6N4OS2. The van der Waals surface area contributed by atoms with Crippen molar-refractivity contribution in [3.63, 3.8) is 0 Å². The summed E-state index contributed by atoms with van der Waals surface area (Å²) in [5, 5.41) is 3.34. The van der Waals surface area contributed by atoms with Gasteiger partial charge in [-0.3, -0.25) is 15.1 Å². The molecule has 0 radical (unpaired) electrons. The minimum atomic E-state index is -0.234. The van der Waals surface area contributed by atoms with E-state index in [-0.39, 0.29) is 5.91 Å². The van der Waals surface area contributed by atoms with Crippen molar-refractivity contribution in [1.29, 1.82) is 0 Å². The van der Waals surface area contributed by atoms with E-state index in [1.807, 2.05) is 0 Å². The highest BCUT2D eigenvalue weighted by atomic mass is 32.2. The molecule has 0 atom stereocenters. The lowest BCUT2D eigenvalue weighted by molar-refractivity contribution is 0.0974. The topological polar surface area (TPSA) is 67.2 Å². The van der Waals surface area contributed by atoms with Crippen molar-refractivity contribution in [2.24, 2.45) is 4.99 Å². The van der Waals surface area contributed by atoms with E-state index in [2.05, 4.69) is 19.1 Å². The third-order valence-corrected chi connectivity index (χ3v) is 2.77. The molecular weight excluding hydrogens is 208 g/mol. The Morgan fingerprint density at radius 1 is 1.62 bits per heavy atom. The van der Waals surface area contributed by atoms with E-state index in [0.29, 0.717) is 10.9 Å². The summed E-state index contributed by atoms with van der Waals surface area (Å²) in [6.07, 6.45) is 1.44. The lowest BCUT2D eigenvalue weighted by atomic mass is 10.4. The number of thioether (sulfide) groups is 1. The van der Waals surface area contributed by atoms with Gasteiger partial charge < -0.3 is 0 Å². The van der Waals surface area contributed by atoms with Gasteiger partial charge in [0.1, 0.15) is 0 Å². The number of aromatic nitrogens is 2. The Kier molecular flexibility index (Phi) is 2.55. The number of amidine groups is 1. The SMILES string of the molecule is O=C(NC1=NCCS1)c1cnsn1. The molecule has 1 N–H and O–H groups in total. The van der Waals surface area contributed by atoms with Crippen molar-refractivity contribution in [3.8, 4) is 0 Å². The van der Waals surface area contributed by atoms with Gasteiger partial charge in [-0.1, -0.05) is 11.8 Å². The third kappa shape index (κ3) is 2.04. The van der Waals surface area contributed by atoms with Gasteiger partial charge in [-0.05, 0) is 0 Å². The number of rotatable bonds is 1. The molecule has 2 rings (SSSR count). The third-order valence-electron chi connectivity index (χ3n) is 1.40. The molecule has 13 heavy (non-hydrogen) atoms. The Bertz CT molecular complexity index is 334. The van der Waals surface area contributed by atoms with Gasteiger partial charge in [0.05, 0.1) is 24.5 Å². The van der Waals surface area contributed by atoms with Crippen LogP contribution in [0.1, 0.15) is 10.5 Å². The van der Waals surface area contributed by atoms with E-state index < -0.39 is 0 Å². The number of amides is 1. The zero-order chi connectivity index (χ0) is 9.10. The number of aliphatic imine (C=N–C) groups is 1. The zero-order valence-electron chi connectivity index (χ0n) is 6.56. The Morgan fingerprint density at radius 2 is 2.54 bits per heavy atom. The standard InChI is InChI=1S/C6H6N4OS2/c11-5(4-3-8-13-10-4)9-6-7-1-2-12-6/h3H,1-2H2,(H,7,9,11). The maximum atomic E-state index is 11.4. The van der Waals surface area contributed by atoms with Crippen molar-refractivity contribution < 1.29 is 4.79 Å². The maximum Gasteiger partial charge on any atom is 0.278 e. The first-order valence-corrected chi connectivity index (χ1v) is 5.34. The van der Waals surface area contributed by atoms with Crippen LogP contribution in [0.3, 0.4) is 0 Å². The molecule has 1 aliphatic heterocycles. The van der Waals surface area contributed by atoms with Crippen LogP contribution >= 0.6 is 23.5 Å². The lowest BCUT2D eigenvalue weighted by Crippen LogP contribution is -2.27. The second kappa shape index (κ2) is 3.84. The fraction of sp³-hybridized carbons (Fsp3) is 0.333. The number of nitrogens with zero attached hydrogens (tertiary/aromatic N) is 3. The predicted octanol–water partition coefficient (Wildman–Crippen LogP) is 0.371. The predicted molar refractivity (Wildman–Crippen MR) is 52.1 cm³/mol. The number of carbonyl (C=O) groups excluding carboxylic acids is 1. The van der Waals surface area contributed by atoms with E-state index >= 15 is 0 Å². The van der Waals surface area contributed by atoms with Crippen LogP contribution in [0.25, 0.3) is 0 Å². The van der Waals surface area contributed by atoms with Gasteiger partial charge in [0.25, 0.3) is 5.91 Å². The molecule has 68 valence electrons. The summed E-state index contributed by atoms with van der Waals surface area (Å²) < 4.78 is 7.55. The van der Waals surface area contributed by atoms with E-state index in [9.17, 15) is 4.79 Å². The van der Waals surface area contributed by atoms with Crippen LogP contribution in [-0.2, 0) is 0 Å². The second-order valence-electron chi connectivity index (χ2n) is 2.28. The van der Waals surface area contributed by atoms with Crippen LogP contribution in [0.4, 0.5) is 0 Å². The van der Waals surface area contributed by atoms with Crippen LogP contribution in [0.5, 0.6) is 0 Å². The molecule has 1 aromatic rings. The van der Waals surface area contributed by atoms with E-state index in [1.165, 1.54) is 6.20 Å². The highest BCUT2D eigenvalue weighted by Crippen LogP contribution is 2.09. The maximum absolute atomic E-state index is 11.4. The molecule has 1 aromatic heterocycles. The highest BCUT2D eigenvalue weighted by molar-refractivity contribution is 8.14. The first kappa shape index (κ1) is 8.64. The van der Waals surface area contributed by atoms with Crippen molar-refractivity contribution >= 4 is 34.6 Å². The van der Waals surface area contributed by atoms with E-state index in [1.54, 1.807) is 11.8 Å². The number of hydrogen-bond acceptors (Lipinski definition) is 6. The Balaban J connectivity index is 1.99. The van der Waals surface area contributed by atoms with Crippen LogP contribution in [0.2, 0.25) is 0 Å². The fourth-order valence-corrected chi connectivity index (χ4v) is 1.97. The molecule has 2 heterocycles. The zero-order valence-corrected chi connectivity index (χ0v) is 8.19. The smallest absolute Gasteiger partial charge is 0.278 e. The molecule has 0 fully saturated rings. The Morgan fingerprint density at radius 3 is 3.15 bits per heavy atom. The molecule has 0 bridgehead atoms. The molecule has 0 aliphatic carbocycles. The van der Waals surface area contributed by atoms with Gasteiger partial charge in [-0.2, -0.15) is 8.75 Å². The molecule has 0 unspecified atom stereocenters. The molecule has 0 aromatic carbocycles. The van der Waals surface area contributed by atoms with Gasteiger partial charge in [0, 0.05) is 5.75 Å². The largest absolute Gasteiger partial charge is 0.300 e.